The van der Waals surface area contributed by atoms with Gasteiger partial charge in [0.25, 0.3) is 0 Å². The van der Waals surface area contributed by atoms with Gasteiger partial charge in [-0.3, -0.25) is 4.79 Å². The van der Waals surface area contributed by atoms with Gasteiger partial charge in [-0.25, -0.2) is 0 Å². The molecule has 2 aromatic rings. The molecule has 0 aliphatic heterocycles. The molecule has 2 aromatic carbocycles. The van der Waals surface area contributed by atoms with E-state index in [4.69, 9.17) is 28.3 Å². The molecule has 2 nitrogen and oxygen atoms in total. The van der Waals surface area contributed by atoms with Crippen LogP contribution in [0, 0.1) is 0 Å². The maximum Gasteiger partial charge on any atom is 0.304 e. The molecule has 0 aliphatic rings. The predicted molar refractivity (Wildman–Crippen MR) is 82.5 cm³/mol. The van der Waals surface area contributed by atoms with Crippen molar-refractivity contribution in [3.8, 4) is 11.1 Å². The third-order valence-electron chi connectivity index (χ3n) is 3.00. The molecule has 0 aliphatic carbocycles. The Labute approximate surface area is 128 Å². The standard InChI is InChI=1S/C16H14Cl2O2/c17-14(10-16(19)20)8-13-7-6-12(9-15(13)18)11-4-2-1-3-5-11/h1-7,9,14H,8,10H2,(H,19,20). The number of alkyl halides is 1. The number of carbonyl (C=O) groups is 1. The monoisotopic (exact) mass is 308 g/mol. The number of carboxylic acid groups (broad SMARTS) is 1. The maximum atomic E-state index is 10.6. The summed E-state index contributed by atoms with van der Waals surface area (Å²) in [6.07, 6.45) is 0.375. The van der Waals surface area contributed by atoms with Gasteiger partial charge < -0.3 is 5.11 Å². The van der Waals surface area contributed by atoms with Crippen molar-refractivity contribution in [2.75, 3.05) is 0 Å². The fraction of sp³-hybridized carbons (Fsp3) is 0.188. The number of benzene rings is 2. The van der Waals surface area contributed by atoms with Gasteiger partial charge in [-0.2, -0.15) is 0 Å². The molecule has 0 fully saturated rings. The van der Waals surface area contributed by atoms with Crippen LogP contribution in [0.3, 0.4) is 0 Å². The zero-order chi connectivity index (χ0) is 14.5. The van der Waals surface area contributed by atoms with E-state index < -0.39 is 11.3 Å². The van der Waals surface area contributed by atoms with Crippen LogP contribution in [0.5, 0.6) is 0 Å². The first-order chi connectivity index (χ1) is 9.56. The summed E-state index contributed by atoms with van der Waals surface area (Å²) in [5.74, 6) is -0.901. The molecule has 0 aromatic heterocycles. The molecular formula is C16H14Cl2O2. The second-order valence-electron chi connectivity index (χ2n) is 4.57. The molecule has 1 atom stereocenters. The van der Waals surface area contributed by atoms with Gasteiger partial charge in [0.05, 0.1) is 6.42 Å². The predicted octanol–water partition coefficient (Wildman–Crippen LogP) is 4.63. The first-order valence-corrected chi connectivity index (χ1v) is 7.07. The first-order valence-electron chi connectivity index (χ1n) is 6.26. The molecule has 0 radical (unpaired) electrons. The maximum absolute atomic E-state index is 10.6. The summed E-state index contributed by atoms with van der Waals surface area (Å²) in [5, 5.41) is 8.87. The minimum Gasteiger partial charge on any atom is -0.481 e. The van der Waals surface area contributed by atoms with Crippen LogP contribution in [0.15, 0.2) is 48.5 Å². The van der Waals surface area contributed by atoms with Crippen LogP contribution in [0.4, 0.5) is 0 Å². The zero-order valence-electron chi connectivity index (χ0n) is 10.7. The minimum absolute atomic E-state index is 0.0711. The quantitative estimate of drug-likeness (QED) is 0.818. The van der Waals surface area contributed by atoms with Crippen molar-refractivity contribution in [3.05, 3.63) is 59.1 Å². The van der Waals surface area contributed by atoms with E-state index in [-0.39, 0.29) is 6.42 Å². The Hall–Kier alpha value is -1.51. The number of halogens is 2. The van der Waals surface area contributed by atoms with Crippen molar-refractivity contribution >= 4 is 29.2 Å². The summed E-state index contributed by atoms with van der Waals surface area (Å²) in [5.41, 5.74) is 2.99. The van der Waals surface area contributed by atoms with E-state index in [1.807, 2.05) is 48.5 Å². The number of aliphatic carboxylic acids is 1. The lowest BCUT2D eigenvalue weighted by molar-refractivity contribution is -0.137. The molecule has 2 rings (SSSR count). The topological polar surface area (TPSA) is 37.3 Å². The summed E-state index contributed by atoms with van der Waals surface area (Å²) in [7, 11) is 0. The van der Waals surface area contributed by atoms with Gasteiger partial charge in [0.1, 0.15) is 0 Å². The van der Waals surface area contributed by atoms with Gasteiger partial charge in [-0.05, 0) is 29.2 Å². The van der Waals surface area contributed by atoms with Gasteiger partial charge in [-0.1, -0.05) is 54.1 Å². The molecular weight excluding hydrogens is 295 g/mol. The zero-order valence-corrected chi connectivity index (χ0v) is 12.2. The van der Waals surface area contributed by atoms with Gasteiger partial charge in [-0.15, -0.1) is 11.6 Å². The third-order valence-corrected chi connectivity index (χ3v) is 3.66. The Bertz CT molecular complexity index is 597. The molecule has 0 heterocycles. The number of hydrogen-bond acceptors (Lipinski definition) is 1. The van der Waals surface area contributed by atoms with E-state index in [0.29, 0.717) is 11.4 Å². The summed E-state index contributed by atoms with van der Waals surface area (Å²) >= 11 is 12.3. The summed E-state index contributed by atoms with van der Waals surface area (Å²) < 4.78 is 0. The van der Waals surface area contributed by atoms with Crippen LogP contribution in [0.25, 0.3) is 11.1 Å². The van der Waals surface area contributed by atoms with E-state index in [9.17, 15) is 4.79 Å². The Morgan fingerprint density at radius 1 is 1.10 bits per heavy atom. The van der Waals surface area contributed by atoms with E-state index in [0.717, 1.165) is 16.7 Å². The molecule has 1 N–H and O–H groups in total. The number of carboxylic acids is 1. The summed E-state index contributed by atoms with van der Waals surface area (Å²) in [6.45, 7) is 0. The smallest absolute Gasteiger partial charge is 0.304 e. The van der Waals surface area contributed by atoms with Crippen molar-refractivity contribution < 1.29 is 9.90 Å². The van der Waals surface area contributed by atoms with E-state index >= 15 is 0 Å². The van der Waals surface area contributed by atoms with E-state index in [2.05, 4.69) is 0 Å². The lowest BCUT2D eigenvalue weighted by atomic mass is 10.0. The van der Waals surface area contributed by atoms with Crippen molar-refractivity contribution in [2.45, 2.75) is 18.2 Å². The van der Waals surface area contributed by atoms with Crippen LogP contribution in [0.2, 0.25) is 5.02 Å². The highest BCUT2D eigenvalue weighted by molar-refractivity contribution is 6.31. The first kappa shape index (κ1) is 14.9. The highest BCUT2D eigenvalue weighted by Gasteiger charge is 2.13. The van der Waals surface area contributed by atoms with E-state index in [1.165, 1.54) is 0 Å². The molecule has 20 heavy (non-hydrogen) atoms. The van der Waals surface area contributed by atoms with Crippen LogP contribution >= 0.6 is 23.2 Å². The Kier molecular flexibility index (Phi) is 5.05. The molecule has 0 bridgehead atoms. The Morgan fingerprint density at radius 3 is 2.40 bits per heavy atom. The lowest BCUT2D eigenvalue weighted by Gasteiger charge is -2.10. The molecule has 0 amide bonds. The van der Waals surface area contributed by atoms with Crippen molar-refractivity contribution in [1.29, 1.82) is 0 Å². The van der Waals surface area contributed by atoms with Crippen molar-refractivity contribution in [3.63, 3.8) is 0 Å². The average molecular weight is 309 g/mol. The second-order valence-corrected chi connectivity index (χ2v) is 5.60. The highest BCUT2D eigenvalue weighted by Crippen LogP contribution is 2.27. The van der Waals surface area contributed by atoms with Gasteiger partial charge in [0, 0.05) is 10.4 Å². The van der Waals surface area contributed by atoms with E-state index in [1.54, 1.807) is 0 Å². The van der Waals surface area contributed by atoms with Gasteiger partial charge >= 0.3 is 5.97 Å². The van der Waals surface area contributed by atoms with Crippen LogP contribution in [0.1, 0.15) is 12.0 Å². The molecule has 0 saturated heterocycles. The third kappa shape index (κ3) is 3.99. The fourth-order valence-corrected chi connectivity index (χ4v) is 2.58. The largest absolute Gasteiger partial charge is 0.481 e. The molecule has 104 valence electrons. The SMILES string of the molecule is O=C(O)CC(Cl)Cc1ccc(-c2ccccc2)cc1Cl. The summed E-state index contributed by atoms with van der Waals surface area (Å²) in [6, 6.07) is 15.7. The minimum atomic E-state index is -0.901. The van der Waals surface area contributed by atoms with Crippen LogP contribution in [-0.4, -0.2) is 16.5 Å². The normalized spacial score (nSPS) is 12.1. The Morgan fingerprint density at radius 2 is 1.80 bits per heavy atom. The van der Waals surface area contributed by atoms with Crippen molar-refractivity contribution in [2.24, 2.45) is 0 Å². The lowest BCUT2D eigenvalue weighted by Crippen LogP contribution is -2.10. The molecule has 0 spiro atoms. The number of hydrogen-bond donors (Lipinski definition) is 1. The van der Waals surface area contributed by atoms with Crippen LogP contribution < -0.4 is 0 Å². The molecule has 1 unspecified atom stereocenters. The number of rotatable bonds is 5. The molecule has 4 heteroatoms. The van der Waals surface area contributed by atoms with Crippen LogP contribution in [-0.2, 0) is 11.2 Å². The Balaban J connectivity index is 2.16. The van der Waals surface area contributed by atoms with Gasteiger partial charge in [0.15, 0.2) is 0 Å². The average Bonchev–Trinajstić information content (AvgIpc) is 2.41. The summed E-state index contributed by atoms with van der Waals surface area (Å²) in [4.78, 5) is 10.6. The fourth-order valence-electron chi connectivity index (χ4n) is 2.02. The second kappa shape index (κ2) is 6.78. The molecule has 0 saturated carbocycles. The highest BCUT2D eigenvalue weighted by atomic mass is 35.5. The van der Waals surface area contributed by atoms with Gasteiger partial charge in [0.2, 0.25) is 0 Å². The van der Waals surface area contributed by atoms with Crippen molar-refractivity contribution in [1.82, 2.24) is 0 Å².